The van der Waals surface area contributed by atoms with E-state index in [4.69, 9.17) is 39.4 Å². The van der Waals surface area contributed by atoms with Crippen molar-refractivity contribution in [3.05, 3.63) is 47.1 Å². The second-order valence-corrected chi connectivity index (χ2v) is 10.9. The number of carbonyl (C=O) groups is 3. The Labute approximate surface area is 217 Å². The number of benzene rings is 1. The van der Waals surface area contributed by atoms with Gasteiger partial charge in [0, 0.05) is 24.8 Å². The highest BCUT2D eigenvalue weighted by atomic mass is 35.5. The van der Waals surface area contributed by atoms with Gasteiger partial charge in [0.2, 0.25) is 5.91 Å². The number of methoxy groups -OCH3 is 1. The molecule has 3 aliphatic rings. The number of hydrogen-bond acceptors (Lipinski definition) is 10. The third-order valence-electron chi connectivity index (χ3n) is 5.99. The third-order valence-corrected chi connectivity index (χ3v) is 7.70. The van der Waals surface area contributed by atoms with Gasteiger partial charge in [-0.05, 0) is 30.7 Å². The Hall–Kier alpha value is -2.18. The van der Waals surface area contributed by atoms with E-state index in [1.54, 1.807) is 24.3 Å². The van der Waals surface area contributed by atoms with Gasteiger partial charge in [0.1, 0.15) is 12.7 Å². The first-order chi connectivity index (χ1) is 17.5. The van der Waals surface area contributed by atoms with Crippen LogP contribution in [0, 0.1) is 0 Å². The molecular weight excluding hydrogens is 536 g/mol. The number of halogens is 2. The quantitative estimate of drug-likeness (QED) is 0.265. The van der Waals surface area contributed by atoms with Gasteiger partial charge in [-0.1, -0.05) is 23.7 Å². The van der Waals surface area contributed by atoms with Crippen LogP contribution in [0.4, 0.5) is 4.39 Å². The average Bonchev–Trinajstić information content (AvgIpc) is 3.07. The molecular formula is C23H26ClFNO10P. The summed E-state index contributed by atoms with van der Waals surface area (Å²) in [6.07, 6.45) is -2.95. The highest BCUT2D eigenvalue weighted by Crippen LogP contribution is 2.57. The zero-order valence-corrected chi connectivity index (χ0v) is 21.7. The highest BCUT2D eigenvalue weighted by Gasteiger charge is 2.60. The average molecular weight is 562 g/mol. The van der Waals surface area contributed by atoms with E-state index in [0.717, 1.165) is 24.1 Å². The molecule has 3 heterocycles. The molecule has 0 spiro atoms. The summed E-state index contributed by atoms with van der Waals surface area (Å²) in [6.45, 7) is 0.112. The first-order valence-corrected chi connectivity index (χ1v) is 13.2. The fourth-order valence-corrected chi connectivity index (χ4v) is 5.85. The summed E-state index contributed by atoms with van der Waals surface area (Å²) in [6, 6.07) is 6.83. The number of nitrogens with zero attached hydrogens (tertiary/aromatic N) is 1. The Morgan fingerprint density at radius 2 is 2.14 bits per heavy atom. The fourth-order valence-electron chi connectivity index (χ4n) is 4.25. The van der Waals surface area contributed by atoms with Gasteiger partial charge in [-0.25, -0.2) is 13.8 Å². The van der Waals surface area contributed by atoms with Crippen molar-refractivity contribution in [2.75, 3.05) is 26.9 Å². The van der Waals surface area contributed by atoms with Gasteiger partial charge in [-0.15, -0.1) is 0 Å². The van der Waals surface area contributed by atoms with E-state index in [2.05, 4.69) is 0 Å². The van der Waals surface area contributed by atoms with Crippen LogP contribution in [0.1, 0.15) is 31.4 Å². The van der Waals surface area contributed by atoms with Gasteiger partial charge in [0.15, 0.2) is 23.8 Å². The second kappa shape index (κ2) is 11.3. The maximum absolute atomic E-state index is 16.1. The SMILES string of the molecule is COCC(=O)O[C@@H]1[C@@H](CO[P@@]2(=O)OCC[C@@H](c3cccc(Cl)c3)O2)O[C@@H](N2C=CC(=O)CC2=O)[C@]1(C)F. The molecule has 2 fully saturated rings. The molecule has 11 nitrogen and oxygen atoms in total. The fraction of sp³-hybridized carbons (Fsp3) is 0.522. The second-order valence-electron chi connectivity index (χ2n) is 8.80. The van der Waals surface area contributed by atoms with Gasteiger partial charge < -0.3 is 14.2 Å². The van der Waals surface area contributed by atoms with Crippen LogP contribution in [0.5, 0.6) is 0 Å². The molecule has 3 aliphatic heterocycles. The highest BCUT2D eigenvalue weighted by molar-refractivity contribution is 7.48. The molecule has 202 valence electrons. The molecule has 0 aliphatic carbocycles. The van der Waals surface area contributed by atoms with Gasteiger partial charge in [0.25, 0.3) is 0 Å². The lowest BCUT2D eigenvalue weighted by Gasteiger charge is -2.33. The molecule has 6 atom stereocenters. The topological polar surface area (TPSA) is 127 Å². The number of hydrogen-bond donors (Lipinski definition) is 0. The van der Waals surface area contributed by atoms with Gasteiger partial charge in [-0.3, -0.25) is 28.1 Å². The van der Waals surface area contributed by atoms with Crippen LogP contribution in [-0.4, -0.2) is 73.6 Å². The van der Waals surface area contributed by atoms with Crippen molar-refractivity contribution in [3.8, 4) is 0 Å². The summed E-state index contributed by atoms with van der Waals surface area (Å²) >= 11 is 6.04. The number of carbonyl (C=O) groups excluding carboxylic acids is 3. The van der Waals surface area contributed by atoms with Crippen LogP contribution in [0.2, 0.25) is 5.02 Å². The molecule has 1 aromatic carbocycles. The molecule has 1 amide bonds. The molecule has 0 N–H and O–H groups in total. The van der Waals surface area contributed by atoms with Crippen molar-refractivity contribution in [3.63, 3.8) is 0 Å². The number of rotatable bonds is 8. The maximum atomic E-state index is 16.1. The van der Waals surface area contributed by atoms with Crippen molar-refractivity contribution in [2.24, 2.45) is 0 Å². The van der Waals surface area contributed by atoms with Crippen molar-refractivity contribution in [1.82, 2.24) is 4.90 Å². The van der Waals surface area contributed by atoms with E-state index in [0.29, 0.717) is 17.0 Å². The van der Waals surface area contributed by atoms with Crippen molar-refractivity contribution < 1.29 is 51.1 Å². The normalized spacial score (nSPS) is 34.1. The minimum absolute atomic E-state index is 0.0524. The summed E-state index contributed by atoms with van der Waals surface area (Å²) < 4.78 is 61.4. The molecule has 0 saturated carbocycles. The van der Waals surface area contributed by atoms with E-state index < -0.39 is 75.3 Å². The number of allylic oxidation sites excluding steroid dienone is 1. The van der Waals surface area contributed by atoms with E-state index in [-0.39, 0.29) is 6.61 Å². The number of alkyl halides is 1. The number of phosphoric acid groups is 1. The number of amides is 1. The lowest BCUT2D eigenvalue weighted by molar-refractivity contribution is -0.162. The molecule has 37 heavy (non-hydrogen) atoms. The molecule has 0 unspecified atom stereocenters. The zero-order valence-electron chi connectivity index (χ0n) is 20.0. The Morgan fingerprint density at radius 3 is 2.84 bits per heavy atom. The Morgan fingerprint density at radius 1 is 1.35 bits per heavy atom. The van der Waals surface area contributed by atoms with Crippen LogP contribution in [-0.2, 0) is 46.7 Å². The van der Waals surface area contributed by atoms with Crippen LogP contribution >= 0.6 is 19.4 Å². The predicted octanol–water partition coefficient (Wildman–Crippen LogP) is 3.27. The standard InChI is InChI=1S/C23H26ClFNO10P/c1-23(25)21(35-20(29)13-31-2)18(34-22(23)26-8-6-16(27)11-19(26)28)12-33-37(30)32-9-7-17(36-37)14-4-3-5-15(24)10-14/h3-6,8,10,17-18,21-22H,7,9,11-13H2,1-2H3/t17-,18+,21+,22+,23+,37+/m0/s1. The number of ether oxygens (including phenoxy) is 3. The summed E-state index contributed by atoms with van der Waals surface area (Å²) in [5, 5.41) is 0.472. The van der Waals surface area contributed by atoms with Crippen molar-refractivity contribution in [1.29, 1.82) is 0 Å². The summed E-state index contributed by atoms with van der Waals surface area (Å²) in [5.74, 6) is -2.03. The van der Waals surface area contributed by atoms with Crippen LogP contribution in [0.15, 0.2) is 36.5 Å². The molecule has 1 aromatic rings. The predicted molar refractivity (Wildman–Crippen MR) is 125 cm³/mol. The lowest BCUT2D eigenvalue weighted by Crippen LogP contribution is -2.52. The zero-order chi connectivity index (χ0) is 26.8. The number of phosphoric ester groups is 1. The van der Waals surface area contributed by atoms with Crippen LogP contribution < -0.4 is 0 Å². The summed E-state index contributed by atoms with van der Waals surface area (Å²) in [4.78, 5) is 37.1. The largest absolute Gasteiger partial charge is 0.475 e. The first kappa shape index (κ1) is 27.8. The first-order valence-electron chi connectivity index (χ1n) is 11.4. The van der Waals surface area contributed by atoms with E-state index >= 15 is 4.39 Å². The molecule has 14 heteroatoms. The summed E-state index contributed by atoms with van der Waals surface area (Å²) in [5.41, 5.74) is -1.77. The number of ketones is 1. The van der Waals surface area contributed by atoms with Crippen LogP contribution in [0.3, 0.4) is 0 Å². The van der Waals surface area contributed by atoms with Crippen molar-refractivity contribution >= 4 is 37.1 Å². The monoisotopic (exact) mass is 561 g/mol. The Bertz CT molecular complexity index is 1130. The van der Waals surface area contributed by atoms with Gasteiger partial charge >= 0.3 is 13.8 Å². The minimum atomic E-state index is -4.14. The van der Waals surface area contributed by atoms with E-state index in [1.165, 1.54) is 7.11 Å². The number of esters is 1. The Balaban J connectivity index is 1.51. The maximum Gasteiger partial charge on any atom is 0.475 e. The molecule has 4 rings (SSSR count). The van der Waals surface area contributed by atoms with E-state index in [1.807, 2.05) is 0 Å². The van der Waals surface area contributed by atoms with Gasteiger partial charge in [-0.2, -0.15) is 0 Å². The smallest absolute Gasteiger partial charge is 0.454 e. The molecule has 0 aromatic heterocycles. The molecule has 0 bridgehead atoms. The van der Waals surface area contributed by atoms with E-state index in [9.17, 15) is 18.9 Å². The van der Waals surface area contributed by atoms with Crippen LogP contribution in [0.25, 0.3) is 0 Å². The molecule has 0 radical (unpaired) electrons. The van der Waals surface area contributed by atoms with Gasteiger partial charge in [0.05, 0.1) is 25.7 Å². The lowest BCUT2D eigenvalue weighted by atomic mass is 9.97. The molecule has 2 saturated heterocycles. The third kappa shape index (κ3) is 6.28. The van der Waals surface area contributed by atoms with Crippen molar-refractivity contribution in [2.45, 2.75) is 50.0 Å². The minimum Gasteiger partial charge on any atom is -0.454 e. The summed E-state index contributed by atoms with van der Waals surface area (Å²) in [7, 11) is -2.88. The Kier molecular flexibility index (Phi) is 8.49.